The molecule has 14 heavy (non-hydrogen) atoms. The fourth-order valence-electron chi connectivity index (χ4n) is 1.25. The van der Waals surface area contributed by atoms with Gasteiger partial charge in [-0.15, -0.1) is 0 Å². The van der Waals surface area contributed by atoms with E-state index in [2.05, 4.69) is 0 Å². The summed E-state index contributed by atoms with van der Waals surface area (Å²) >= 11 is 0. The van der Waals surface area contributed by atoms with Crippen molar-refractivity contribution >= 4 is 16.2 Å². The van der Waals surface area contributed by atoms with E-state index in [1.165, 1.54) is 12.1 Å². The van der Waals surface area contributed by atoms with Gasteiger partial charge < -0.3 is 4.74 Å². The van der Waals surface area contributed by atoms with Crippen LogP contribution >= 0.6 is 0 Å². The minimum absolute atomic E-state index is 0.147. The Morgan fingerprint density at radius 2 is 2.14 bits per heavy atom. The van der Waals surface area contributed by atoms with E-state index in [0.29, 0.717) is 12.4 Å². The van der Waals surface area contributed by atoms with Crippen molar-refractivity contribution in [1.82, 2.24) is 0 Å². The molecule has 0 saturated heterocycles. The fourth-order valence-corrected chi connectivity index (χ4v) is 1.75. The highest BCUT2D eigenvalue weighted by atomic mass is 32.2. The summed E-state index contributed by atoms with van der Waals surface area (Å²) in [7, 11) is -4.14. The van der Waals surface area contributed by atoms with Crippen molar-refractivity contribution in [1.29, 1.82) is 0 Å². The van der Waals surface area contributed by atoms with Crippen LogP contribution < -0.4 is 4.74 Å². The fraction of sp³-hybridized carbons (Fsp3) is 0.111. The van der Waals surface area contributed by atoms with Gasteiger partial charge in [0.2, 0.25) is 0 Å². The Labute approximate surface area is 81.6 Å². The van der Waals surface area contributed by atoms with E-state index in [1.54, 1.807) is 6.07 Å². The second-order valence-electron chi connectivity index (χ2n) is 2.89. The molecule has 74 valence electrons. The molecule has 0 radical (unpaired) electrons. The molecular formula is C9H8O4S. The minimum atomic E-state index is -4.14. The average Bonchev–Trinajstić information content (AvgIpc) is 2.16. The van der Waals surface area contributed by atoms with Crippen LogP contribution in [0.15, 0.2) is 29.2 Å². The van der Waals surface area contributed by atoms with Crippen molar-refractivity contribution in [3.63, 3.8) is 0 Å². The second kappa shape index (κ2) is 3.11. The summed E-state index contributed by atoms with van der Waals surface area (Å²) in [4.78, 5) is -0.147. The summed E-state index contributed by atoms with van der Waals surface area (Å²) in [5, 5.41) is 0. The summed E-state index contributed by atoms with van der Waals surface area (Å²) in [6.07, 6.45) is 3.67. The summed E-state index contributed by atoms with van der Waals surface area (Å²) in [6, 6.07) is 4.25. The van der Waals surface area contributed by atoms with Crippen molar-refractivity contribution in [2.24, 2.45) is 0 Å². The van der Waals surface area contributed by atoms with Gasteiger partial charge in [-0.1, -0.05) is 6.08 Å². The zero-order valence-electron chi connectivity index (χ0n) is 7.17. The quantitative estimate of drug-likeness (QED) is 0.713. The molecule has 0 fully saturated rings. The topological polar surface area (TPSA) is 63.6 Å². The number of fused-ring (bicyclic) bond motifs is 1. The molecule has 0 atom stereocenters. The first kappa shape index (κ1) is 9.23. The van der Waals surface area contributed by atoms with Gasteiger partial charge >= 0.3 is 0 Å². The van der Waals surface area contributed by atoms with Crippen LogP contribution in [-0.4, -0.2) is 19.6 Å². The molecule has 0 unspecified atom stereocenters. The maximum Gasteiger partial charge on any atom is 0.294 e. The van der Waals surface area contributed by atoms with Crippen molar-refractivity contribution in [3.8, 4) is 5.75 Å². The summed E-state index contributed by atoms with van der Waals surface area (Å²) in [5.74, 6) is 0.475. The number of benzene rings is 1. The highest BCUT2D eigenvalue weighted by Crippen LogP contribution is 2.26. The molecule has 0 bridgehead atoms. The van der Waals surface area contributed by atoms with Gasteiger partial charge in [-0.05, 0) is 18.2 Å². The van der Waals surface area contributed by atoms with Crippen molar-refractivity contribution in [3.05, 3.63) is 29.8 Å². The van der Waals surface area contributed by atoms with E-state index < -0.39 is 10.1 Å². The van der Waals surface area contributed by atoms with Crippen LogP contribution in [-0.2, 0) is 10.1 Å². The van der Waals surface area contributed by atoms with E-state index in [4.69, 9.17) is 9.29 Å². The van der Waals surface area contributed by atoms with Crippen LogP contribution in [0.4, 0.5) is 0 Å². The summed E-state index contributed by atoms with van der Waals surface area (Å²) in [5.41, 5.74) is 0.809. The highest BCUT2D eigenvalue weighted by molar-refractivity contribution is 7.85. The molecule has 0 aliphatic carbocycles. The first-order chi connectivity index (χ1) is 6.57. The monoisotopic (exact) mass is 212 g/mol. The third-order valence-corrected chi connectivity index (χ3v) is 2.77. The van der Waals surface area contributed by atoms with E-state index in [0.717, 1.165) is 5.56 Å². The first-order valence-electron chi connectivity index (χ1n) is 3.98. The third kappa shape index (κ3) is 1.64. The van der Waals surface area contributed by atoms with E-state index in [1.807, 2.05) is 12.2 Å². The van der Waals surface area contributed by atoms with Gasteiger partial charge in [0, 0.05) is 11.6 Å². The maximum absolute atomic E-state index is 10.8. The first-order valence-corrected chi connectivity index (χ1v) is 5.42. The van der Waals surface area contributed by atoms with Gasteiger partial charge in [-0.25, -0.2) is 0 Å². The molecular weight excluding hydrogens is 204 g/mol. The SMILES string of the molecule is O=S(=O)(O)c1ccc2c(c1)OCC=C2. The Bertz CT molecular complexity index is 488. The molecule has 1 aliphatic rings. The Balaban J connectivity index is 2.55. The number of ether oxygens (including phenoxy) is 1. The van der Waals surface area contributed by atoms with Gasteiger partial charge in [0.1, 0.15) is 12.4 Å². The molecule has 1 N–H and O–H groups in total. The normalized spacial score (nSPS) is 14.6. The molecule has 1 aliphatic heterocycles. The van der Waals surface area contributed by atoms with E-state index >= 15 is 0 Å². The second-order valence-corrected chi connectivity index (χ2v) is 4.31. The molecule has 1 aromatic rings. The molecule has 0 saturated carbocycles. The average molecular weight is 212 g/mol. The smallest absolute Gasteiger partial charge is 0.294 e. The van der Waals surface area contributed by atoms with Crippen LogP contribution in [0, 0.1) is 0 Å². The third-order valence-electron chi connectivity index (χ3n) is 1.92. The largest absolute Gasteiger partial charge is 0.489 e. The molecule has 5 heteroatoms. The maximum atomic E-state index is 10.8. The molecule has 1 aromatic carbocycles. The molecule has 0 aromatic heterocycles. The highest BCUT2D eigenvalue weighted by Gasteiger charge is 2.13. The van der Waals surface area contributed by atoms with Crippen LogP contribution in [0.3, 0.4) is 0 Å². The molecule has 2 rings (SSSR count). The van der Waals surface area contributed by atoms with Gasteiger partial charge in [-0.2, -0.15) is 8.42 Å². The lowest BCUT2D eigenvalue weighted by atomic mass is 10.1. The van der Waals surface area contributed by atoms with Crippen LogP contribution in [0.2, 0.25) is 0 Å². The zero-order valence-corrected chi connectivity index (χ0v) is 7.99. The number of rotatable bonds is 1. The van der Waals surface area contributed by atoms with Crippen LogP contribution in [0.1, 0.15) is 5.56 Å². The lowest BCUT2D eigenvalue weighted by Gasteiger charge is -2.12. The molecule has 0 spiro atoms. The minimum Gasteiger partial charge on any atom is -0.489 e. The van der Waals surface area contributed by atoms with Crippen molar-refractivity contribution in [2.75, 3.05) is 6.61 Å². The van der Waals surface area contributed by atoms with Gasteiger partial charge in [0.25, 0.3) is 10.1 Å². The molecule has 0 amide bonds. The van der Waals surface area contributed by atoms with Gasteiger partial charge in [0.15, 0.2) is 0 Å². The predicted octanol–water partition coefficient (Wildman–Crippen LogP) is 1.34. The summed E-state index contributed by atoms with van der Waals surface area (Å²) < 4.78 is 35.6. The Hall–Kier alpha value is -1.33. The standard InChI is InChI=1S/C9H8O4S/c10-14(11,12)8-4-3-7-2-1-5-13-9(7)6-8/h1-4,6H,5H2,(H,10,11,12). The summed E-state index contributed by atoms with van der Waals surface area (Å²) in [6.45, 7) is 0.419. The number of hydrogen-bond acceptors (Lipinski definition) is 3. The van der Waals surface area contributed by atoms with E-state index in [9.17, 15) is 8.42 Å². The predicted molar refractivity (Wildman–Crippen MR) is 50.8 cm³/mol. The van der Waals surface area contributed by atoms with Crippen molar-refractivity contribution in [2.45, 2.75) is 4.90 Å². The lowest BCUT2D eigenvalue weighted by Crippen LogP contribution is -2.03. The van der Waals surface area contributed by atoms with Gasteiger partial charge in [-0.3, -0.25) is 4.55 Å². The Morgan fingerprint density at radius 3 is 2.86 bits per heavy atom. The van der Waals surface area contributed by atoms with Gasteiger partial charge in [0.05, 0.1) is 4.90 Å². The molecule has 4 nitrogen and oxygen atoms in total. The van der Waals surface area contributed by atoms with Crippen LogP contribution in [0.25, 0.3) is 6.08 Å². The lowest BCUT2D eigenvalue weighted by molar-refractivity contribution is 0.357. The molecule has 1 heterocycles. The number of hydrogen-bond donors (Lipinski definition) is 1. The van der Waals surface area contributed by atoms with Crippen molar-refractivity contribution < 1.29 is 17.7 Å². The van der Waals surface area contributed by atoms with E-state index in [-0.39, 0.29) is 4.90 Å². The van der Waals surface area contributed by atoms with Crippen LogP contribution in [0.5, 0.6) is 5.75 Å². The Kier molecular flexibility index (Phi) is 2.05. The zero-order chi connectivity index (χ0) is 10.2. The Morgan fingerprint density at radius 1 is 1.36 bits per heavy atom.